The van der Waals surface area contributed by atoms with Crippen molar-refractivity contribution in [1.82, 2.24) is 4.90 Å². The predicted octanol–water partition coefficient (Wildman–Crippen LogP) is 1.42. The van der Waals surface area contributed by atoms with E-state index in [4.69, 9.17) is 10.4 Å². The van der Waals surface area contributed by atoms with Crippen molar-refractivity contribution in [1.29, 1.82) is 5.26 Å². The topological polar surface area (TPSA) is 64.3 Å². The minimum Gasteiger partial charge on any atom is -0.508 e. The van der Waals surface area contributed by atoms with Crippen LogP contribution in [0.25, 0.3) is 0 Å². The molecule has 1 aromatic carbocycles. The zero-order chi connectivity index (χ0) is 12.0. The lowest BCUT2D eigenvalue weighted by molar-refractivity contribution is 0.0947. The highest BCUT2D eigenvalue weighted by atomic mass is 16.3. The fraction of sp³-hybridized carbons (Fsp3) is 0.333. The van der Waals surface area contributed by atoms with Gasteiger partial charge in [0.25, 0.3) is 0 Å². The first-order valence-electron chi connectivity index (χ1n) is 5.01. The molecule has 1 rings (SSSR count). The molecule has 0 bridgehead atoms. The fourth-order valence-electron chi connectivity index (χ4n) is 1.30. The summed E-state index contributed by atoms with van der Waals surface area (Å²) in [5.74, 6) is 0.134. The number of hydrogen-bond acceptors (Lipinski definition) is 4. The minimum atomic E-state index is -0.0135. The number of carbonyl (C=O) groups is 1. The molecule has 0 heterocycles. The van der Waals surface area contributed by atoms with Gasteiger partial charge in [0.05, 0.1) is 12.6 Å². The third-order valence-corrected chi connectivity index (χ3v) is 2.21. The Labute approximate surface area is 94.7 Å². The van der Waals surface area contributed by atoms with Gasteiger partial charge < -0.3 is 5.11 Å². The maximum atomic E-state index is 11.7. The zero-order valence-electron chi connectivity index (χ0n) is 9.18. The smallest absolute Gasteiger partial charge is 0.176 e. The summed E-state index contributed by atoms with van der Waals surface area (Å²) in [6, 6.07) is 8.20. The molecule has 0 unspecified atom stereocenters. The number of nitrogens with zero attached hydrogens (tertiary/aromatic N) is 2. The zero-order valence-corrected chi connectivity index (χ0v) is 9.18. The number of Topliss-reactive ketones (excluding diaryl/α,β-unsaturated/α-hetero) is 1. The van der Waals surface area contributed by atoms with Crippen LogP contribution in [-0.2, 0) is 0 Å². The van der Waals surface area contributed by atoms with Gasteiger partial charge in [-0.25, -0.2) is 0 Å². The van der Waals surface area contributed by atoms with Gasteiger partial charge in [-0.15, -0.1) is 0 Å². The van der Waals surface area contributed by atoms with E-state index in [-0.39, 0.29) is 18.1 Å². The lowest BCUT2D eigenvalue weighted by Crippen LogP contribution is -2.26. The first-order chi connectivity index (χ1) is 7.63. The van der Waals surface area contributed by atoms with E-state index in [1.807, 2.05) is 6.07 Å². The molecule has 0 aliphatic carbocycles. The summed E-state index contributed by atoms with van der Waals surface area (Å²) in [7, 11) is 1.80. The molecule has 0 amide bonds. The van der Waals surface area contributed by atoms with Crippen LogP contribution in [0, 0.1) is 11.3 Å². The molecule has 0 aliphatic rings. The monoisotopic (exact) mass is 218 g/mol. The van der Waals surface area contributed by atoms with E-state index in [1.54, 1.807) is 24.1 Å². The number of likely N-dealkylation sites (N-methyl/N-ethyl adjacent to an activating group) is 1. The molecule has 4 nitrogen and oxygen atoms in total. The molecule has 0 fully saturated rings. The summed E-state index contributed by atoms with van der Waals surface area (Å²) < 4.78 is 0. The number of carbonyl (C=O) groups excluding carboxylic acids is 1. The van der Waals surface area contributed by atoms with Crippen LogP contribution in [0.15, 0.2) is 24.3 Å². The molecule has 1 aromatic rings. The van der Waals surface area contributed by atoms with E-state index >= 15 is 0 Å². The number of ketones is 1. The minimum absolute atomic E-state index is 0.0135. The summed E-state index contributed by atoms with van der Waals surface area (Å²) in [4.78, 5) is 13.5. The Balaban J connectivity index is 2.52. The molecule has 0 aromatic heterocycles. The lowest BCUT2D eigenvalue weighted by Gasteiger charge is -2.13. The SMILES string of the molecule is CN(CCC#N)CC(=O)c1ccc(O)cc1. The van der Waals surface area contributed by atoms with Crippen molar-refractivity contribution in [3.05, 3.63) is 29.8 Å². The molecule has 0 saturated carbocycles. The third kappa shape index (κ3) is 3.71. The van der Waals surface area contributed by atoms with Gasteiger partial charge in [-0.1, -0.05) is 0 Å². The van der Waals surface area contributed by atoms with E-state index in [0.29, 0.717) is 18.5 Å². The number of hydrogen-bond donors (Lipinski definition) is 1. The van der Waals surface area contributed by atoms with Gasteiger partial charge in [-0.2, -0.15) is 5.26 Å². The van der Waals surface area contributed by atoms with Crippen LogP contribution in [0.5, 0.6) is 5.75 Å². The molecule has 16 heavy (non-hydrogen) atoms. The van der Waals surface area contributed by atoms with E-state index in [1.165, 1.54) is 12.1 Å². The Bertz CT molecular complexity index is 392. The Kier molecular flexibility index (Phi) is 4.49. The second-order valence-electron chi connectivity index (χ2n) is 3.62. The normalized spacial score (nSPS) is 10.1. The molecule has 4 heteroatoms. The van der Waals surface area contributed by atoms with Gasteiger partial charge in [0.1, 0.15) is 5.75 Å². The van der Waals surface area contributed by atoms with Crippen molar-refractivity contribution >= 4 is 5.78 Å². The van der Waals surface area contributed by atoms with Crippen LogP contribution in [0.4, 0.5) is 0 Å². The predicted molar refractivity (Wildman–Crippen MR) is 60.2 cm³/mol. The van der Waals surface area contributed by atoms with Gasteiger partial charge in [0.15, 0.2) is 5.78 Å². The van der Waals surface area contributed by atoms with Crippen molar-refractivity contribution in [3.63, 3.8) is 0 Å². The van der Waals surface area contributed by atoms with Crippen molar-refractivity contribution in [3.8, 4) is 11.8 Å². The van der Waals surface area contributed by atoms with Gasteiger partial charge in [-0.05, 0) is 31.3 Å². The van der Waals surface area contributed by atoms with Crippen LogP contribution >= 0.6 is 0 Å². The first kappa shape index (κ1) is 12.2. The number of benzene rings is 1. The van der Waals surface area contributed by atoms with Crippen molar-refractivity contribution in [2.45, 2.75) is 6.42 Å². The quantitative estimate of drug-likeness (QED) is 0.759. The number of rotatable bonds is 5. The Morgan fingerprint density at radius 2 is 2.06 bits per heavy atom. The van der Waals surface area contributed by atoms with Crippen molar-refractivity contribution in [2.75, 3.05) is 20.1 Å². The highest BCUT2D eigenvalue weighted by Gasteiger charge is 2.08. The van der Waals surface area contributed by atoms with E-state index in [9.17, 15) is 4.79 Å². The lowest BCUT2D eigenvalue weighted by atomic mass is 10.1. The molecule has 0 saturated heterocycles. The molecule has 0 aliphatic heterocycles. The van der Waals surface area contributed by atoms with E-state index in [2.05, 4.69) is 0 Å². The average Bonchev–Trinajstić information content (AvgIpc) is 2.27. The summed E-state index contributed by atoms with van der Waals surface area (Å²) >= 11 is 0. The Morgan fingerprint density at radius 1 is 1.44 bits per heavy atom. The molecular formula is C12H14N2O2. The van der Waals surface area contributed by atoms with Crippen LogP contribution in [0.3, 0.4) is 0 Å². The third-order valence-electron chi connectivity index (χ3n) is 2.21. The average molecular weight is 218 g/mol. The Hall–Kier alpha value is -1.86. The van der Waals surface area contributed by atoms with E-state index < -0.39 is 0 Å². The van der Waals surface area contributed by atoms with Crippen LogP contribution in [0.1, 0.15) is 16.8 Å². The highest BCUT2D eigenvalue weighted by Crippen LogP contribution is 2.10. The second-order valence-corrected chi connectivity index (χ2v) is 3.62. The van der Waals surface area contributed by atoms with E-state index in [0.717, 1.165) is 0 Å². The molecule has 1 N–H and O–H groups in total. The Morgan fingerprint density at radius 3 is 2.62 bits per heavy atom. The second kappa shape index (κ2) is 5.89. The number of nitriles is 1. The van der Waals surface area contributed by atoms with Crippen molar-refractivity contribution in [2.24, 2.45) is 0 Å². The maximum absolute atomic E-state index is 11.7. The summed E-state index contributed by atoms with van der Waals surface area (Å²) in [6.07, 6.45) is 0.416. The number of aromatic hydroxyl groups is 1. The van der Waals surface area contributed by atoms with Gasteiger partial charge in [0, 0.05) is 18.5 Å². The van der Waals surface area contributed by atoms with Crippen molar-refractivity contribution < 1.29 is 9.90 Å². The molecule has 84 valence electrons. The number of phenolic OH excluding ortho intramolecular Hbond substituents is 1. The number of phenols is 1. The van der Waals surface area contributed by atoms with Crippen LogP contribution in [0.2, 0.25) is 0 Å². The molecular weight excluding hydrogens is 204 g/mol. The fourth-order valence-corrected chi connectivity index (χ4v) is 1.30. The molecule has 0 radical (unpaired) electrons. The van der Waals surface area contributed by atoms with Crippen LogP contribution in [-0.4, -0.2) is 35.9 Å². The molecule has 0 atom stereocenters. The summed E-state index contributed by atoms with van der Waals surface area (Å²) in [5.41, 5.74) is 0.571. The standard InChI is InChI=1S/C12H14N2O2/c1-14(8-2-7-13)9-12(16)10-3-5-11(15)6-4-10/h3-6,15H,2,8-9H2,1H3. The first-order valence-corrected chi connectivity index (χ1v) is 5.01. The van der Waals surface area contributed by atoms with Gasteiger partial charge in [0.2, 0.25) is 0 Å². The summed E-state index contributed by atoms with van der Waals surface area (Å²) in [5, 5.41) is 17.5. The summed E-state index contributed by atoms with van der Waals surface area (Å²) in [6.45, 7) is 0.868. The van der Waals surface area contributed by atoms with Gasteiger partial charge >= 0.3 is 0 Å². The maximum Gasteiger partial charge on any atom is 0.176 e. The largest absolute Gasteiger partial charge is 0.508 e. The van der Waals surface area contributed by atoms with Gasteiger partial charge in [-0.3, -0.25) is 9.69 Å². The molecule has 0 spiro atoms. The van der Waals surface area contributed by atoms with Crippen LogP contribution < -0.4 is 0 Å². The highest BCUT2D eigenvalue weighted by molar-refractivity contribution is 5.97.